The molecular formula is C31H39N5O8. The largest absolute Gasteiger partial charge is 0.508 e. The number of aromatic nitrogens is 1. The fourth-order valence-electron chi connectivity index (χ4n) is 4.73. The van der Waals surface area contributed by atoms with E-state index in [1.807, 2.05) is 25.1 Å². The topological polar surface area (TPSA) is 224 Å². The van der Waals surface area contributed by atoms with Gasteiger partial charge in [0.25, 0.3) is 0 Å². The maximum atomic E-state index is 13.4. The molecule has 0 aliphatic carbocycles. The zero-order valence-electron chi connectivity index (χ0n) is 24.6. The van der Waals surface area contributed by atoms with Crippen molar-refractivity contribution in [2.75, 3.05) is 0 Å². The minimum Gasteiger partial charge on any atom is -0.508 e. The van der Waals surface area contributed by atoms with Gasteiger partial charge in [0.05, 0.1) is 6.04 Å². The number of hydrogen-bond donors (Lipinski definition) is 8. The summed E-state index contributed by atoms with van der Waals surface area (Å²) >= 11 is 0. The summed E-state index contributed by atoms with van der Waals surface area (Å²) in [6, 6.07) is 8.56. The Kier molecular flexibility index (Phi) is 11.9. The summed E-state index contributed by atoms with van der Waals surface area (Å²) in [4.78, 5) is 66.2. The third-order valence-electron chi connectivity index (χ3n) is 7.52. The maximum absolute atomic E-state index is 13.4. The SMILES string of the molecule is CCC(C)C(NC(=O)C(N)Cc1ccc(O)cc1)C(=O)NC(CCC(=O)O)C(=O)NC(Cc1c[nH]c2ccccc12)C(=O)O. The first-order valence-corrected chi connectivity index (χ1v) is 14.3. The van der Waals surface area contributed by atoms with E-state index in [0.29, 0.717) is 17.5 Å². The second-order valence-corrected chi connectivity index (χ2v) is 10.8. The van der Waals surface area contributed by atoms with Gasteiger partial charge in [-0.05, 0) is 48.1 Å². The van der Waals surface area contributed by atoms with E-state index < -0.39 is 66.2 Å². The van der Waals surface area contributed by atoms with Gasteiger partial charge in [-0.15, -0.1) is 0 Å². The maximum Gasteiger partial charge on any atom is 0.326 e. The zero-order valence-corrected chi connectivity index (χ0v) is 24.6. The highest BCUT2D eigenvalue weighted by atomic mass is 16.4. The number of fused-ring (bicyclic) bond motifs is 1. The van der Waals surface area contributed by atoms with Crippen molar-refractivity contribution in [1.82, 2.24) is 20.9 Å². The van der Waals surface area contributed by atoms with Crippen LogP contribution in [0.25, 0.3) is 10.9 Å². The van der Waals surface area contributed by atoms with Crippen LogP contribution in [0.1, 0.15) is 44.2 Å². The van der Waals surface area contributed by atoms with Crippen LogP contribution in [0.4, 0.5) is 0 Å². The number of aromatic amines is 1. The number of carbonyl (C=O) groups is 5. The summed E-state index contributed by atoms with van der Waals surface area (Å²) in [7, 11) is 0. The van der Waals surface area contributed by atoms with E-state index in [9.17, 15) is 39.3 Å². The summed E-state index contributed by atoms with van der Waals surface area (Å²) in [5.41, 5.74) is 8.23. The molecule has 236 valence electrons. The molecule has 9 N–H and O–H groups in total. The molecule has 0 aliphatic rings. The summed E-state index contributed by atoms with van der Waals surface area (Å²) in [5, 5.41) is 37.0. The van der Waals surface area contributed by atoms with Crippen molar-refractivity contribution in [1.29, 1.82) is 0 Å². The third kappa shape index (κ3) is 9.30. The lowest BCUT2D eigenvalue weighted by molar-refractivity contribution is -0.143. The van der Waals surface area contributed by atoms with Crippen molar-refractivity contribution in [3.63, 3.8) is 0 Å². The minimum absolute atomic E-state index is 0.0604. The molecular weight excluding hydrogens is 570 g/mol. The van der Waals surface area contributed by atoms with E-state index in [0.717, 1.165) is 10.9 Å². The van der Waals surface area contributed by atoms with Crippen molar-refractivity contribution in [2.45, 2.75) is 70.1 Å². The second-order valence-electron chi connectivity index (χ2n) is 10.8. The van der Waals surface area contributed by atoms with Crippen LogP contribution in [-0.4, -0.2) is 74.1 Å². The number of carboxylic acid groups (broad SMARTS) is 2. The number of H-pyrrole nitrogens is 1. The Morgan fingerprint density at radius 1 is 0.864 bits per heavy atom. The van der Waals surface area contributed by atoms with Crippen molar-refractivity contribution >= 4 is 40.6 Å². The van der Waals surface area contributed by atoms with Gasteiger partial charge in [0, 0.05) is 29.9 Å². The molecule has 3 rings (SSSR count). The molecule has 1 aromatic heterocycles. The average Bonchev–Trinajstić information content (AvgIpc) is 3.40. The quantitative estimate of drug-likeness (QED) is 0.117. The Balaban J connectivity index is 1.73. The van der Waals surface area contributed by atoms with Gasteiger partial charge in [-0.3, -0.25) is 19.2 Å². The highest BCUT2D eigenvalue weighted by molar-refractivity contribution is 5.94. The first kappa shape index (κ1) is 33.6. The number of nitrogens with one attached hydrogen (secondary N) is 4. The molecule has 0 radical (unpaired) electrons. The molecule has 0 fully saturated rings. The van der Waals surface area contributed by atoms with E-state index in [1.54, 1.807) is 31.3 Å². The second kappa shape index (κ2) is 15.5. The lowest BCUT2D eigenvalue weighted by atomic mass is 9.96. The number of nitrogens with two attached hydrogens (primary N) is 1. The number of phenolic OH excluding ortho intramolecular Hbond substituents is 1. The van der Waals surface area contributed by atoms with Crippen molar-refractivity contribution in [2.24, 2.45) is 11.7 Å². The first-order chi connectivity index (χ1) is 20.9. The predicted octanol–water partition coefficient (Wildman–Crippen LogP) is 1.44. The number of benzene rings is 2. The van der Waals surface area contributed by atoms with Crippen LogP contribution in [0.5, 0.6) is 5.75 Å². The molecule has 1 heterocycles. The Morgan fingerprint density at radius 3 is 2.16 bits per heavy atom. The van der Waals surface area contributed by atoms with Crippen LogP contribution in [0, 0.1) is 5.92 Å². The standard InChI is InChI=1S/C31H39N5O8/c1-3-17(2)27(36-28(40)22(32)14-18-8-10-20(37)11-9-18)30(42)34-24(12-13-26(38)39)29(41)35-25(31(43)44)15-19-16-33-23-7-5-4-6-21(19)23/h4-11,16-17,22,24-25,27,33,37H,3,12-15,32H2,1-2H3,(H,34,42)(H,35,41)(H,36,40)(H,38,39)(H,43,44). The normalized spacial score (nSPS) is 14.5. The van der Waals surface area contributed by atoms with Gasteiger partial charge in [0.15, 0.2) is 0 Å². The predicted molar refractivity (Wildman–Crippen MR) is 162 cm³/mol. The fourth-order valence-corrected chi connectivity index (χ4v) is 4.73. The summed E-state index contributed by atoms with van der Waals surface area (Å²) < 4.78 is 0. The van der Waals surface area contributed by atoms with Crippen LogP contribution in [0.15, 0.2) is 54.7 Å². The Morgan fingerprint density at radius 2 is 1.52 bits per heavy atom. The van der Waals surface area contributed by atoms with Crippen molar-refractivity contribution in [3.05, 3.63) is 65.9 Å². The molecule has 5 unspecified atom stereocenters. The van der Waals surface area contributed by atoms with Gasteiger partial charge in [0.1, 0.15) is 23.9 Å². The lowest BCUT2D eigenvalue weighted by Crippen LogP contribution is -2.59. The van der Waals surface area contributed by atoms with Gasteiger partial charge in [-0.1, -0.05) is 50.6 Å². The number of hydrogen-bond acceptors (Lipinski definition) is 7. The number of phenols is 1. The molecule has 3 amide bonds. The molecule has 0 saturated carbocycles. The van der Waals surface area contributed by atoms with Crippen molar-refractivity contribution in [3.8, 4) is 5.75 Å². The average molecular weight is 610 g/mol. The monoisotopic (exact) mass is 609 g/mol. The summed E-state index contributed by atoms with van der Waals surface area (Å²) in [6.45, 7) is 3.54. The Hall–Kier alpha value is -4.91. The number of carbonyl (C=O) groups excluding carboxylic acids is 3. The first-order valence-electron chi connectivity index (χ1n) is 14.3. The fraction of sp³-hybridized carbons (Fsp3) is 0.387. The summed E-state index contributed by atoms with van der Waals surface area (Å²) in [6.07, 6.45) is 1.42. The zero-order chi connectivity index (χ0) is 32.4. The van der Waals surface area contributed by atoms with Crippen molar-refractivity contribution < 1.29 is 39.3 Å². The molecule has 0 bridgehead atoms. The number of amides is 3. The van der Waals surface area contributed by atoms with Crippen LogP contribution in [-0.2, 0) is 36.8 Å². The van der Waals surface area contributed by atoms with E-state index in [1.165, 1.54) is 12.1 Å². The van der Waals surface area contributed by atoms with Gasteiger partial charge in [-0.25, -0.2) is 4.79 Å². The van der Waals surface area contributed by atoms with Gasteiger partial charge in [-0.2, -0.15) is 0 Å². The molecule has 13 nitrogen and oxygen atoms in total. The molecule has 0 aliphatic heterocycles. The molecule has 5 atom stereocenters. The van der Waals surface area contributed by atoms with E-state index in [4.69, 9.17) is 5.73 Å². The van der Waals surface area contributed by atoms with Gasteiger partial charge in [0.2, 0.25) is 17.7 Å². The third-order valence-corrected chi connectivity index (χ3v) is 7.52. The Bertz CT molecular complexity index is 1470. The lowest BCUT2D eigenvalue weighted by Gasteiger charge is -2.28. The highest BCUT2D eigenvalue weighted by Gasteiger charge is 2.33. The van der Waals surface area contributed by atoms with Gasteiger partial charge < -0.3 is 42.0 Å². The highest BCUT2D eigenvalue weighted by Crippen LogP contribution is 2.19. The minimum atomic E-state index is -1.39. The number of aliphatic carboxylic acids is 2. The van der Waals surface area contributed by atoms with E-state index >= 15 is 0 Å². The smallest absolute Gasteiger partial charge is 0.326 e. The van der Waals surface area contributed by atoms with Crippen LogP contribution in [0.2, 0.25) is 0 Å². The van der Waals surface area contributed by atoms with Crippen LogP contribution in [0.3, 0.4) is 0 Å². The number of para-hydroxylation sites is 1. The van der Waals surface area contributed by atoms with Crippen LogP contribution >= 0.6 is 0 Å². The molecule has 0 spiro atoms. The van der Waals surface area contributed by atoms with Crippen LogP contribution < -0.4 is 21.7 Å². The summed E-state index contributed by atoms with van der Waals surface area (Å²) in [5.74, 6) is -5.07. The molecule has 44 heavy (non-hydrogen) atoms. The number of carboxylic acids is 2. The van der Waals surface area contributed by atoms with E-state index in [2.05, 4.69) is 20.9 Å². The number of rotatable bonds is 16. The number of aromatic hydroxyl groups is 1. The molecule has 3 aromatic rings. The molecule has 2 aromatic carbocycles. The van der Waals surface area contributed by atoms with E-state index in [-0.39, 0.29) is 25.0 Å². The molecule has 13 heteroatoms. The van der Waals surface area contributed by atoms with Gasteiger partial charge >= 0.3 is 11.9 Å². The Labute approximate surface area is 254 Å². The molecule has 0 saturated heterocycles.